The van der Waals surface area contributed by atoms with Crippen LogP contribution in [0.3, 0.4) is 0 Å². The van der Waals surface area contributed by atoms with Crippen molar-refractivity contribution in [3.05, 3.63) is 299 Å². The molecule has 2 saturated carbocycles. The number of nitrogens with zero attached hydrogens (tertiary/aromatic N) is 16. The molecule has 127 heavy (non-hydrogen) atoms. The Bertz CT molecular complexity index is 7890. The van der Waals surface area contributed by atoms with Crippen LogP contribution in [0.1, 0.15) is 110 Å². The van der Waals surface area contributed by atoms with Gasteiger partial charge in [-0.3, -0.25) is 44.9 Å². The standard InChI is InChI=1S/C28H24N6O2.C24H21N7O3.C21H19N7O.C21H20N6O/c35-27-21-12-4-6-14-23(21)29-28-31-26(22-13-5-7-15-24(22)34(27)28)30-25-17-20(32-33-25)11-8-16-36-18-19-9-2-1-3-10-19;1-2-34-24(33)25-14-9-10-15-18(11-14)26-23-28-21(27-20-12-17(29-30-20)13-7-8-13)16-5-3-4-6-19(16)31(23)22(15)32;22-11-5-6-13-12-18(27-26-13)24-19-15-8-2-4-10-17(15)28-20(29)14-7-1-3-9-16(14)23-21(28)25-19;28-20-13-5-1-3-7-15(13)22-21-24-19(14-6-2-4-8-17(14)27(20)21)23-18-11-16(25-26-18)12-9-10-12/h1-7,9-10,12-15,17H,8,11,16,18H2,(H2,29,30,31,32,33);3-6,9-13H,2,7-8H2,1H3,(H,25,33)(H2,26,27,28,29,30);1-4,7-10,12H,5-6,11,22H2,(H2,23,24,25,26,27);1,3,5,7,11-12H,2,4,6,8-10H2,(H2,22,23,24,25,26). The Morgan fingerprint density at radius 2 is 0.819 bits per heavy atom. The van der Waals surface area contributed by atoms with E-state index in [2.05, 4.69) is 115 Å². The number of benzene rings is 8. The van der Waals surface area contributed by atoms with Gasteiger partial charge in [0.05, 0.1) is 73.4 Å². The van der Waals surface area contributed by atoms with E-state index < -0.39 is 6.09 Å². The molecule has 1 amide bonds. The molecule has 8 aromatic carbocycles. The van der Waals surface area contributed by atoms with Gasteiger partial charge in [0.2, 0.25) is 23.1 Å². The van der Waals surface area contributed by atoms with Gasteiger partial charge in [0.1, 0.15) is 23.3 Å². The lowest BCUT2D eigenvalue weighted by Gasteiger charge is -2.21. The van der Waals surface area contributed by atoms with Gasteiger partial charge in [-0.05, 0) is 187 Å². The van der Waals surface area contributed by atoms with Crippen LogP contribution in [0.5, 0.6) is 0 Å². The predicted octanol–water partition coefficient (Wildman–Crippen LogP) is 15.5. The fraction of sp³-hybridized carbons (Fsp3) is 0.202. The van der Waals surface area contributed by atoms with Gasteiger partial charge in [-0.25, -0.2) is 42.3 Å². The number of aromatic nitrogens is 20. The summed E-state index contributed by atoms with van der Waals surface area (Å²) in [5.74, 6) is 7.79. The number of ether oxygens (including phenoxy) is 2. The van der Waals surface area contributed by atoms with Crippen molar-refractivity contribution in [3.8, 4) is 0 Å². The van der Waals surface area contributed by atoms with Gasteiger partial charge in [0.25, 0.3) is 22.2 Å². The summed E-state index contributed by atoms with van der Waals surface area (Å²) in [5.41, 5.74) is 17.6. The van der Waals surface area contributed by atoms with Crippen molar-refractivity contribution >= 4 is 158 Å². The number of aromatic amines is 4. The summed E-state index contributed by atoms with van der Waals surface area (Å²) in [6.07, 6.45) is 11.6. The summed E-state index contributed by atoms with van der Waals surface area (Å²) >= 11 is 0. The number of carbonyl (C=O) groups excluding carboxylic acids is 1. The maximum absolute atomic E-state index is 13.4. The number of rotatable bonds is 21. The van der Waals surface area contributed by atoms with Crippen molar-refractivity contribution in [1.82, 2.24) is 98.3 Å². The Labute approximate surface area is 720 Å². The number of amides is 1. The molecular formula is C94H84N26O7. The molecule has 0 radical (unpaired) electrons. The first-order valence-electron chi connectivity index (χ1n) is 42.4. The molecule has 0 unspecified atom stereocenters. The second kappa shape index (κ2) is 34.7. The highest BCUT2D eigenvalue weighted by Gasteiger charge is 2.29. The number of H-pyrrole nitrogens is 4. The second-order valence-corrected chi connectivity index (χ2v) is 31.4. The maximum atomic E-state index is 13.4. The topological polar surface area (TPSA) is 425 Å². The molecule has 12 heterocycles. The Hall–Kier alpha value is -16.0. The van der Waals surface area contributed by atoms with Crippen molar-refractivity contribution in [1.29, 1.82) is 0 Å². The maximum Gasteiger partial charge on any atom is 0.411 e. The Morgan fingerprint density at radius 1 is 0.417 bits per heavy atom. The number of para-hydroxylation sites is 6. The second-order valence-electron chi connectivity index (χ2n) is 31.4. The Kier molecular flexibility index (Phi) is 21.7. The minimum absolute atomic E-state index is 0.0337. The third-order valence-electron chi connectivity index (χ3n) is 22.7. The third-order valence-corrected chi connectivity index (χ3v) is 22.7. The molecule has 3 aliphatic rings. The Morgan fingerprint density at radius 3 is 1.31 bits per heavy atom. The van der Waals surface area contributed by atoms with E-state index in [-0.39, 0.29) is 34.6 Å². The van der Waals surface area contributed by atoms with E-state index >= 15 is 0 Å². The van der Waals surface area contributed by atoms with E-state index in [0.29, 0.717) is 139 Å². The predicted molar refractivity (Wildman–Crippen MR) is 490 cm³/mol. The number of nitrogens with two attached hydrogens (primary N) is 1. The number of nitrogens with one attached hydrogen (secondary N) is 9. The number of aryl methyl sites for hydroxylation is 3. The molecule has 0 bridgehead atoms. The van der Waals surface area contributed by atoms with Gasteiger partial charge >= 0.3 is 6.09 Å². The van der Waals surface area contributed by atoms with E-state index in [4.69, 9.17) is 25.2 Å². The summed E-state index contributed by atoms with van der Waals surface area (Å²) < 4.78 is 17.0. The number of hydrogen-bond acceptors (Lipinski definition) is 24. The van der Waals surface area contributed by atoms with E-state index in [9.17, 15) is 24.0 Å². The van der Waals surface area contributed by atoms with E-state index in [0.717, 1.165) is 119 Å². The zero-order valence-electron chi connectivity index (χ0n) is 68.8. The molecule has 0 saturated heterocycles. The molecule has 12 aromatic heterocycles. The van der Waals surface area contributed by atoms with Gasteiger partial charge in [0.15, 0.2) is 23.3 Å². The molecule has 23 rings (SSSR count). The third kappa shape index (κ3) is 16.5. The molecule has 2 fully saturated rings. The van der Waals surface area contributed by atoms with Crippen LogP contribution in [0.25, 0.3) is 99.4 Å². The summed E-state index contributed by atoms with van der Waals surface area (Å²) in [7, 11) is 0. The van der Waals surface area contributed by atoms with Crippen molar-refractivity contribution in [2.45, 2.75) is 102 Å². The molecule has 0 spiro atoms. The van der Waals surface area contributed by atoms with Gasteiger partial charge < -0.3 is 36.5 Å². The van der Waals surface area contributed by atoms with Crippen molar-refractivity contribution in [2.24, 2.45) is 5.73 Å². The fourth-order valence-electron chi connectivity index (χ4n) is 16.2. The fourth-order valence-corrected chi connectivity index (χ4v) is 16.2. The summed E-state index contributed by atoms with van der Waals surface area (Å²) in [5, 5.41) is 50.2. The van der Waals surface area contributed by atoms with Crippen LogP contribution in [-0.2, 0) is 41.8 Å². The lowest BCUT2D eigenvalue weighted by Crippen LogP contribution is -2.24. The van der Waals surface area contributed by atoms with Gasteiger partial charge in [0, 0.05) is 98.6 Å². The summed E-state index contributed by atoms with van der Waals surface area (Å²) in [6.45, 7) is 3.90. The minimum atomic E-state index is -0.570. The largest absolute Gasteiger partial charge is 0.450 e. The number of carbonyl (C=O) groups is 1. The van der Waals surface area contributed by atoms with Gasteiger partial charge in [-0.2, -0.15) is 40.3 Å². The number of hydrogen-bond donors (Lipinski definition) is 10. The highest BCUT2D eigenvalue weighted by atomic mass is 16.5. The Balaban J connectivity index is 0.000000107. The molecule has 0 atom stereocenters. The average molecular weight is 1690 g/mol. The molecule has 3 aliphatic carbocycles. The first kappa shape index (κ1) is 79.4. The smallest absolute Gasteiger partial charge is 0.411 e. The molecular weight excluding hydrogens is 1610 g/mol. The van der Waals surface area contributed by atoms with Crippen LogP contribution < -0.4 is 54.6 Å². The molecule has 33 heteroatoms. The van der Waals surface area contributed by atoms with Crippen molar-refractivity contribution in [2.75, 3.05) is 46.3 Å². The quantitative estimate of drug-likeness (QED) is 0.0181. The summed E-state index contributed by atoms with van der Waals surface area (Å²) in [6, 6.07) is 68.0. The molecule has 11 N–H and O–H groups in total. The number of anilines is 9. The van der Waals surface area contributed by atoms with Crippen molar-refractivity contribution in [3.63, 3.8) is 0 Å². The number of fused-ring (bicyclic) bond motifs is 16. The zero-order valence-corrected chi connectivity index (χ0v) is 68.8. The monoisotopic (exact) mass is 1690 g/mol. The van der Waals surface area contributed by atoms with Gasteiger partial charge in [-0.15, -0.1) is 0 Å². The molecule has 632 valence electrons. The van der Waals surface area contributed by atoms with Crippen LogP contribution in [-0.4, -0.2) is 124 Å². The normalized spacial score (nSPS) is 13.1. The van der Waals surface area contributed by atoms with E-state index in [1.807, 2.05) is 170 Å². The van der Waals surface area contributed by atoms with Crippen LogP contribution in [0.4, 0.5) is 57.0 Å². The lowest BCUT2D eigenvalue weighted by atomic mass is 9.96. The van der Waals surface area contributed by atoms with Gasteiger partial charge in [-0.1, -0.05) is 103 Å². The molecule has 20 aromatic rings. The lowest BCUT2D eigenvalue weighted by molar-refractivity contribution is 0.118. The van der Waals surface area contributed by atoms with Crippen LogP contribution >= 0.6 is 0 Å². The minimum Gasteiger partial charge on any atom is -0.450 e. The van der Waals surface area contributed by atoms with E-state index in [1.54, 1.807) is 50.5 Å². The summed E-state index contributed by atoms with van der Waals surface area (Å²) in [4.78, 5) is 102. The SMILES string of the molecule is CCOC(=O)Nc1ccc2c(=O)n3c(nc(Nc4cc(C5CC5)[nH]n4)c4ccccc43)nc2c1.NCCCc1cc(Nc2nc3nc4ccccc4c(=O)n3c3ccccc23)n[nH]1.O=c1c2ccccc2nc2nc(Nc3cc(C4CC4)[nH]n3)c3c(n12)CCCC3.O=c1c2ccccc2nc2nc(Nc3cc(CCCOCc4ccccc4)[nH]n3)c3ccccc3n12. The van der Waals surface area contributed by atoms with Crippen LogP contribution in [0, 0.1) is 0 Å². The average Bonchev–Trinajstić information content (AvgIpc) is 1.65. The first-order valence-corrected chi connectivity index (χ1v) is 42.4. The van der Waals surface area contributed by atoms with Crippen LogP contribution in [0.2, 0.25) is 0 Å². The zero-order chi connectivity index (χ0) is 86.0. The molecule has 0 aliphatic heterocycles. The van der Waals surface area contributed by atoms with Crippen LogP contribution in [0.15, 0.2) is 238 Å². The highest BCUT2D eigenvalue weighted by molar-refractivity contribution is 5.97. The van der Waals surface area contributed by atoms with Crippen molar-refractivity contribution < 1.29 is 14.3 Å². The first-order chi connectivity index (χ1) is 62.4. The molecule has 33 nitrogen and oxygen atoms in total. The highest BCUT2D eigenvalue weighted by Crippen LogP contribution is 2.42. The van der Waals surface area contributed by atoms with E-state index in [1.165, 1.54) is 41.3 Å².